The Labute approximate surface area is 237 Å². The van der Waals surface area contributed by atoms with Gasteiger partial charge in [-0.05, 0) is 43.9 Å². The maximum absolute atomic E-state index is 12.6. The van der Waals surface area contributed by atoms with Crippen molar-refractivity contribution in [2.24, 2.45) is 0 Å². The van der Waals surface area contributed by atoms with Crippen molar-refractivity contribution < 1.29 is 22.7 Å². The lowest BCUT2D eigenvalue weighted by atomic mass is 9.96. The van der Waals surface area contributed by atoms with Gasteiger partial charge in [-0.2, -0.15) is 0 Å². The molecule has 0 heterocycles. The van der Waals surface area contributed by atoms with E-state index in [0.29, 0.717) is 12.0 Å². The Hall–Kier alpha value is -2.09. The zero-order valence-corrected chi connectivity index (χ0v) is 25.2. The Kier molecular flexibility index (Phi) is 16.2. The maximum Gasteiger partial charge on any atom is 0.328 e. The summed E-state index contributed by atoms with van der Waals surface area (Å²) >= 11 is 0. The van der Waals surface area contributed by atoms with Crippen molar-refractivity contribution in [3.63, 3.8) is 0 Å². The fourth-order valence-corrected chi connectivity index (χ4v) is 6.09. The van der Waals surface area contributed by atoms with E-state index >= 15 is 0 Å². The van der Waals surface area contributed by atoms with Gasteiger partial charge in [0.1, 0.15) is 6.10 Å². The Morgan fingerprint density at radius 3 is 1.87 bits per heavy atom. The van der Waals surface area contributed by atoms with Crippen molar-refractivity contribution in [1.29, 1.82) is 0 Å². The number of urea groups is 1. The molecule has 1 saturated carbocycles. The summed E-state index contributed by atoms with van der Waals surface area (Å²) in [5.74, 6) is -0.233. The number of ether oxygens (including phenoxy) is 1. The Morgan fingerprint density at radius 2 is 1.33 bits per heavy atom. The van der Waals surface area contributed by atoms with Gasteiger partial charge in [-0.25, -0.2) is 17.9 Å². The maximum atomic E-state index is 12.6. The summed E-state index contributed by atoms with van der Waals surface area (Å²) in [6, 6.07) is 5.44. The first-order chi connectivity index (χ1) is 18.8. The Balaban J connectivity index is 1.59. The van der Waals surface area contributed by atoms with Crippen molar-refractivity contribution in [2.75, 3.05) is 0 Å². The molecule has 2 amide bonds. The second-order valence-corrected chi connectivity index (χ2v) is 12.8. The molecule has 1 atom stereocenters. The van der Waals surface area contributed by atoms with E-state index in [1.165, 1.54) is 76.3 Å². The lowest BCUT2D eigenvalue weighted by molar-refractivity contribution is -0.148. The number of rotatable bonds is 19. The molecule has 0 radical (unpaired) electrons. The highest BCUT2D eigenvalue weighted by molar-refractivity contribution is 7.90. The molecule has 2 rings (SSSR count). The molecule has 0 aromatic heterocycles. The smallest absolute Gasteiger partial charge is 0.328 e. The van der Waals surface area contributed by atoms with Gasteiger partial charge in [-0.3, -0.25) is 4.79 Å². The number of benzene rings is 1. The van der Waals surface area contributed by atoms with Gasteiger partial charge in [0.2, 0.25) is 0 Å². The van der Waals surface area contributed by atoms with Crippen LogP contribution in [0.25, 0.3) is 0 Å². The number of esters is 1. The van der Waals surface area contributed by atoms with Crippen LogP contribution in [0.3, 0.4) is 0 Å². The van der Waals surface area contributed by atoms with Crippen LogP contribution in [0.15, 0.2) is 29.2 Å². The minimum Gasteiger partial charge on any atom is -0.458 e. The monoisotopic (exact) mass is 564 g/mol. The summed E-state index contributed by atoms with van der Waals surface area (Å²) in [5, 5.41) is 2.75. The van der Waals surface area contributed by atoms with E-state index in [1.807, 2.05) is 0 Å². The van der Waals surface area contributed by atoms with E-state index in [2.05, 4.69) is 17.0 Å². The molecular weight excluding hydrogens is 512 g/mol. The molecule has 1 aromatic carbocycles. The van der Waals surface area contributed by atoms with Gasteiger partial charge < -0.3 is 10.1 Å². The van der Waals surface area contributed by atoms with Crippen molar-refractivity contribution in [2.45, 2.75) is 153 Å². The molecule has 8 heteroatoms. The van der Waals surface area contributed by atoms with Gasteiger partial charge in [-0.15, -0.1) is 0 Å². The van der Waals surface area contributed by atoms with E-state index in [4.69, 9.17) is 4.74 Å². The zero-order valence-electron chi connectivity index (χ0n) is 24.3. The number of amides is 2. The van der Waals surface area contributed by atoms with Crippen molar-refractivity contribution >= 4 is 22.0 Å². The number of sulfonamides is 1. The second kappa shape index (κ2) is 19.1. The standard InChI is InChI=1S/C31H52N2O5S/c1-3-4-5-6-7-8-9-10-11-12-13-14-18-21-30(34)38-26(2)27-22-24-29(25-23-27)39(36,37)33-31(35)32-28-19-16-15-17-20-28/h22-26,28H,3-21H2,1-2H3,(H2,32,33,35). The molecule has 1 unspecified atom stereocenters. The van der Waals surface area contributed by atoms with E-state index in [1.54, 1.807) is 19.1 Å². The van der Waals surface area contributed by atoms with E-state index in [9.17, 15) is 18.0 Å². The topological polar surface area (TPSA) is 102 Å². The first-order valence-electron chi connectivity index (χ1n) is 15.4. The molecule has 0 saturated heterocycles. The third-order valence-corrected chi connectivity index (χ3v) is 8.97. The molecule has 1 fully saturated rings. The number of unbranched alkanes of at least 4 members (excludes halogenated alkanes) is 12. The predicted molar refractivity (Wildman–Crippen MR) is 157 cm³/mol. The van der Waals surface area contributed by atoms with E-state index in [-0.39, 0.29) is 16.9 Å². The van der Waals surface area contributed by atoms with Crippen molar-refractivity contribution in [3.05, 3.63) is 29.8 Å². The second-order valence-electron chi connectivity index (χ2n) is 11.1. The Bertz CT molecular complexity index is 927. The van der Waals surface area contributed by atoms with Gasteiger partial charge in [0, 0.05) is 12.5 Å². The van der Waals surface area contributed by atoms with Crippen LogP contribution in [0, 0.1) is 0 Å². The van der Waals surface area contributed by atoms with Crippen LogP contribution in [0.4, 0.5) is 4.79 Å². The summed E-state index contributed by atoms with van der Waals surface area (Å²) in [4.78, 5) is 24.4. The van der Waals surface area contributed by atoms with Crippen LogP contribution in [0.5, 0.6) is 0 Å². The molecule has 222 valence electrons. The number of hydrogen-bond acceptors (Lipinski definition) is 5. The molecule has 0 bridgehead atoms. The van der Waals surface area contributed by atoms with E-state index < -0.39 is 22.2 Å². The van der Waals surface area contributed by atoms with E-state index in [0.717, 1.165) is 51.4 Å². The first-order valence-corrected chi connectivity index (χ1v) is 16.9. The lowest BCUT2D eigenvalue weighted by Crippen LogP contribution is -2.45. The average Bonchev–Trinajstić information content (AvgIpc) is 2.91. The summed E-state index contributed by atoms with van der Waals surface area (Å²) in [7, 11) is -3.98. The lowest BCUT2D eigenvalue weighted by Gasteiger charge is -2.22. The van der Waals surface area contributed by atoms with Crippen molar-refractivity contribution in [3.8, 4) is 0 Å². The highest BCUT2D eigenvalue weighted by atomic mass is 32.2. The Morgan fingerprint density at radius 1 is 0.821 bits per heavy atom. The molecule has 1 aromatic rings. The predicted octanol–water partition coefficient (Wildman–Crippen LogP) is 8.09. The molecule has 1 aliphatic carbocycles. The molecule has 0 aliphatic heterocycles. The quantitative estimate of drug-likeness (QED) is 0.131. The highest BCUT2D eigenvalue weighted by Crippen LogP contribution is 2.21. The number of carbonyl (C=O) groups is 2. The van der Waals surface area contributed by atoms with Crippen LogP contribution in [-0.2, 0) is 19.6 Å². The molecule has 39 heavy (non-hydrogen) atoms. The average molecular weight is 565 g/mol. The minimum absolute atomic E-state index is 0.00413. The van der Waals surface area contributed by atoms with Crippen LogP contribution in [0.1, 0.15) is 148 Å². The largest absolute Gasteiger partial charge is 0.458 e. The van der Waals surface area contributed by atoms with Crippen molar-refractivity contribution in [1.82, 2.24) is 10.0 Å². The fraction of sp³-hybridized carbons (Fsp3) is 0.742. The van der Waals surface area contributed by atoms with Crippen LogP contribution >= 0.6 is 0 Å². The third-order valence-electron chi connectivity index (χ3n) is 7.62. The fourth-order valence-electron chi connectivity index (χ4n) is 5.17. The molecular formula is C31H52N2O5S. The number of carbonyl (C=O) groups excluding carboxylic acids is 2. The number of hydrogen-bond donors (Lipinski definition) is 2. The van der Waals surface area contributed by atoms with Gasteiger partial charge in [0.05, 0.1) is 4.90 Å². The summed E-state index contributed by atoms with van der Waals surface area (Å²) in [5.41, 5.74) is 0.708. The summed E-state index contributed by atoms with van der Waals surface area (Å²) in [6.45, 7) is 4.03. The van der Waals surface area contributed by atoms with Crippen LogP contribution in [-0.4, -0.2) is 26.5 Å². The summed E-state index contributed by atoms with van der Waals surface area (Å²) in [6.07, 6.45) is 21.3. The zero-order chi connectivity index (χ0) is 28.3. The van der Waals surface area contributed by atoms with Gasteiger partial charge in [0.25, 0.3) is 10.0 Å². The van der Waals surface area contributed by atoms with Gasteiger partial charge in [-0.1, -0.05) is 115 Å². The van der Waals surface area contributed by atoms with Crippen LogP contribution < -0.4 is 10.0 Å². The first kappa shape index (κ1) is 33.1. The van der Waals surface area contributed by atoms with Gasteiger partial charge in [0.15, 0.2) is 0 Å². The number of nitrogens with one attached hydrogen (secondary N) is 2. The molecule has 2 N–H and O–H groups in total. The molecule has 7 nitrogen and oxygen atoms in total. The minimum atomic E-state index is -3.98. The highest BCUT2D eigenvalue weighted by Gasteiger charge is 2.21. The van der Waals surface area contributed by atoms with Crippen LogP contribution in [0.2, 0.25) is 0 Å². The third kappa shape index (κ3) is 14.2. The molecule has 0 spiro atoms. The SMILES string of the molecule is CCCCCCCCCCCCCCCC(=O)OC(C)c1ccc(S(=O)(=O)NC(=O)NC2CCCCC2)cc1. The normalized spacial score (nSPS) is 15.0. The van der Waals surface area contributed by atoms with Gasteiger partial charge >= 0.3 is 12.0 Å². The molecule has 1 aliphatic rings. The summed E-state index contributed by atoms with van der Waals surface area (Å²) < 4.78 is 32.8.